The van der Waals surface area contributed by atoms with Gasteiger partial charge in [0.05, 0.1) is 5.02 Å². The first kappa shape index (κ1) is 22.3. The molecule has 168 valence electrons. The van der Waals surface area contributed by atoms with Crippen LogP contribution in [0.15, 0.2) is 40.9 Å². The Bertz CT molecular complexity index is 1130. The number of carbonyl (C=O) groups is 2. The lowest BCUT2D eigenvalue weighted by atomic mass is 9.85. The van der Waals surface area contributed by atoms with Gasteiger partial charge in [-0.25, -0.2) is 4.98 Å². The van der Waals surface area contributed by atoms with Gasteiger partial charge in [-0.15, -0.1) is 0 Å². The minimum Gasteiger partial charge on any atom is -0.449 e. The van der Waals surface area contributed by atoms with Crippen LogP contribution in [0.1, 0.15) is 41.8 Å². The second kappa shape index (κ2) is 9.30. The van der Waals surface area contributed by atoms with Crippen LogP contribution in [0.5, 0.6) is 0 Å². The van der Waals surface area contributed by atoms with Crippen LogP contribution in [0.4, 0.5) is 11.5 Å². The molecule has 1 aliphatic carbocycles. The summed E-state index contributed by atoms with van der Waals surface area (Å²) in [6.07, 6.45) is 5.05. The van der Waals surface area contributed by atoms with Crippen molar-refractivity contribution in [2.24, 2.45) is 5.92 Å². The highest BCUT2D eigenvalue weighted by Gasteiger charge is 2.30. The molecule has 2 amide bonds. The van der Waals surface area contributed by atoms with E-state index in [1.54, 1.807) is 12.1 Å². The number of rotatable bonds is 5. The van der Waals surface area contributed by atoms with Crippen LogP contribution in [0, 0.1) is 12.8 Å². The third kappa shape index (κ3) is 4.79. The number of anilines is 2. The van der Waals surface area contributed by atoms with Gasteiger partial charge in [0, 0.05) is 23.5 Å². The molecule has 0 saturated heterocycles. The summed E-state index contributed by atoms with van der Waals surface area (Å²) in [5.74, 6) is -0.257. The van der Waals surface area contributed by atoms with Crippen molar-refractivity contribution in [2.45, 2.75) is 38.6 Å². The summed E-state index contributed by atoms with van der Waals surface area (Å²) in [6.45, 7) is 1.95. The molecule has 1 saturated carbocycles. The molecule has 1 aliphatic rings. The summed E-state index contributed by atoms with van der Waals surface area (Å²) >= 11 is 5.87. The number of hydrogen-bond acceptors (Lipinski definition) is 5. The molecule has 1 fully saturated rings. The van der Waals surface area contributed by atoms with Gasteiger partial charge in [0.2, 0.25) is 11.7 Å². The number of aromatic nitrogens is 1. The molecular formula is C24H27ClN4O3. The predicted molar refractivity (Wildman–Crippen MR) is 126 cm³/mol. The van der Waals surface area contributed by atoms with Crippen LogP contribution in [0.25, 0.3) is 11.0 Å². The van der Waals surface area contributed by atoms with E-state index in [2.05, 4.69) is 34.6 Å². The van der Waals surface area contributed by atoms with Crippen molar-refractivity contribution >= 4 is 45.9 Å². The van der Waals surface area contributed by atoms with Gasteiger partial charge in [0.25, 0.3) is 5.91 Å². The number of nitrogens with zero attached hydrogens (tertiary/aromatic N) is 2. The molecule has 0 bridgehead atoms. The van der Waals surface area contributed by atoms with Crippen molar-refractivity contribution in [3.05, 3.63) is 52.9 Å². The van der Waals surface area contributed by atoms with Crippen LogP contribution in [-0.4, -0.2) is 41.8 Å². The molecule has 7 nitrogen and oxygen atoms in total. The van der Waals surface area contributed by atoms with E-state index in [4.69, 9.17) is 16.0 Å². The average molecular weight is 455 g/mol. The lowest BCUT2D eigenvalue weighted by Gasteiger charge is -2.31. The minimum atomic E-state index is -0.486. The number of pyridine rings is 1. The monoisotopic (exact) mass is 454 g/mol. The van der Waals surface area contributed by atoms with E-state index in [0.29, 0.717) is 33.5 Å². The number of carbonyl (C=O) groups excluding carboxylic acids is 2. The number of nitrogens with one attached hydrogen (secondary N) is 2. The van der Waals surface area contributed by atoms with Gasteiger partial charge in [-0.2, -0.15) is 0 Å². The highest BCUT2D eigenvalue weighted by Crippen LogP contribution is 2.34. The molecule has 3 aromatic rings. The standard InChI is InChI=1S/C24H27ClN4O3/c1-14-4-10-18-19(12-14)32-22(24(31)27-20-11-7-16(25)13-26-20)21(18)28-23(30)15-5-8-17(9-6-15)29(2)3/h4,7,10-13,15,17H,5-6,8-9H2,1-3H3,(H,28,30)(H,26,27,31). The molecule has 2 heterocycles. The Kier molecular flexibility index (Phi) is 6.48. The molecule has 2 aromatic heterocycles. The first-order valence-corrected chi connectivity index (χ1v) is 11.1. The quantitative estimate of drug-likeness (QED) is 0.560. The van der Waals surface area contributed by atoms with E-state index in [-0.39, 0.29) is 17.6 Å². The highest BCUT2D eigenvalue weighted by molar-refractivity contribution is 6.30. The van der Waals surface area contributed by atoms with Gasteiger partial charge >= 0.3 is 0 Å². The molecule has 0 spiro atoms. The summed E-state index contributed by atoms with van der Waals surface area (Å²) < 4.78 is 5.89. The second-order valence-corrected chi connectivity index (χ2v) is 9.02. The fourth-order valence-electron chi connectivity index (χ4n) is 4.19. The van der Waals surface area contributed by atoms with Gasteiger partial charge in [-0.05, 0) is 76.5 Å². The van der Waals surface area contributed by atoms with Gasteiger partial charge < -0.3 is 20.0 Å². The molecule has 0 radical (unpaired) electrons. The Morgan fingerprint density at radius 1 is 1.09 bits per heavy atom. The number of benzene rings is 1. The topological polar surface area (TPSA) is 87.5 Å². The van der Waals surface area contributed by atoms with Crippen molar-refractivity contribution in [2.75, 3.05) is 24.7 Å². The lowest BCUT2D eigenvalue weighted by molar-refractivity contribution is -0.121. The fourth-order valence-corrected chi connectivity index (χ4v) is 4.30. The molecular weight excluding hydrogens is 428 g/mol. The van der Waals surface area contributed by atoms with Crippen LogP contribution in [0.2, 0.25) is 5.02 Å². The smallest absolute Gasteiger partial charge is 0.294 e. The summed E-state index contributed by atoms with van der Waals surface area (Å²) in [5, 5.41) is 6.87. The second-order valence-electron chi connectivity index (χ2n) is 8.58. The maximum Gasteiger partial charge on any atom is 0.294 e. The third-order valence-corrected chi connectivity index (χ3v) is 6.29. The van der Waals surface area contributed by atoms with E-state index in [9.17, 15) is 9.59 Å². The number of amides is 2. The lowest BCUT2D eigenvalue weighted by Crippen LogP contribution is -2.35. The van der Waals surface area contributed by atoms with E-state index < -0.39 is 5.91 Å². The third-order valence-electron chi connectivity index (χ3n) is 6.07. The zero-order valence-corrected chi connectivity index (χ0v) is 19.2. The zero-order valence-electron chi connectivity index (χ0n) is 18.4. The number of hydrogen-bond donors (Lipinski definition) is 2. The molecule has 2 N–H and O–H groups in total. The van der Waals surface area contributed by atoms with Gasteiger partial charge in [-0.3, -0.25) is 9.59 Å². The SMILES string of the molecule is Cc1ccc2c(NC(=O)C3CCC(N(C)C)CC3)c(C(=O)Nc3ccc(Cl)cn3)oc2c1. The molecule has 0 aliphatic heterocycles. The van der Waals surface area contributed by atoms with Crippen molar-refractivity contribution in [3.8, 4) is 0 Å². The van der Waals surface area contributed by atoms with Crippen LogP contribution in [-0.2, 0) is 4.79 Å². The maximum atomic E-state index is 13.1. The largest absolute Gasteiger partial charge is 0.449 e. The van der Waals surface area contributed by atoms with Crippen molar-refractivity contribution in [3.63, 3.8) is 0 Å². The maximum absolute atomic E-state index is 13.1. The summed E-state index contributed by atoms with van der Waals surface area (Å²) in [7, 11) is 4.15. The van der Waals surface area contributed by atoms with Crippen LogP contribution < -0.4 is 10.6 Å². The molecule has 8 heteroatoms. The molecule has 32 heavy (non-hydrogen) atoms. The number of aryl methyl sites for hydroxylation is 1. The molecule has 0 atom stereocenters. The normalized spacial score (nSPS) is 18.7. The average Bonchev–Trinajstić information content (AvgIpc) is 3.12. The predicted octanol–water partition coefficient (Wildman–Crippen LogP) is 5.10. The minimum absolute atomic E-state index is 0.0534. The number of furan rings is 1. The zero-order chi connectivity index (χ0) is 22.8. The van der Waals surface area contributed by atoms with Gasteiger partial charge in [-0.1, -0.05) is 17.7 Å². The van der Waals surface area contributed by atoms with Gasteiger partial charge in [0.1, 0.15) is 17.1 Å². The molecule has 4 rings (SSSR count). The van der Waals surface area contributed by atoms with E-state index >= 15 is 0 Å². The van der Waals surface area contributed by atoms with Crippen molar-refractivity contribution in [1.29, 1.82) is 0 Å². The van der Waals surface area contributed by atoms with Crippen LogP contribution >= 0.6 is 11.6 Å². The van der Waals surface area contributed by atoms with E-state index in [0.717, 1.165) is 31.2 Å². The molecule has 1 aromatic carbocycles. The number of halogens is 1. The number of fused-ring (bicyclic) bond motifs is 1. The van der Waals surface area contributed by atoms with E-state index in [1.807, 2.05) is 25.1 Å². The Morgan fingerprint density at radius 2 is 1.84 bits per heavy atom. The summed E-state index contributed by atoms with van der Waals surface area (Å²) in [6, 6.07) is 9.39. The Morgan fingerprint density at radius 3 is 2.50 bits per heavy atom. The van der Waals surface area contributed by atoms with Crippen molar-refractivity contribution < 1.29 is 14.0 Å². The van der Waals surface area contributed by atoms with E-state index in [1.165, 1.54) is 6.20 Å². The summed E-state index contributed by atoms with van der Waals surface area (Å²) in [5.41, 5.74) is 1.94. The molecule has 0 unspecified atom stereocenters. The Labute approximate surface area is 192 Å². The van der Waals surface area contributed by atoms with Crippen LogP contribution in [0.3, 0.4) is 0 Å². The van der Waals surface area contributed by atoms with Gasteiger partial charge in [0.15, 0.2) is 0 Å². The first-order chi connectivity index (χ1) is 15.3. The van der Waals surface area contributed by atoms with Crippen molar-refractivity contribution in [1.82, 2.24) is 9.88 Å². The summed E-state index contributed by atoms with van der Waals surface area (Å²) in [4.78, 5) is 32.4. The Balaban J connectivity index is 1.59. The Hall–Kier alpha value is -2.90. The highest BCUT2D eigenvalue weighted by atomic mass is 35.5. The fraction of sp³-hybridized carbons (Fsp3) is 0.375. The first-order valence-electron chi connectivity index (χ1n) is 10.7.